The minimum atomic E-state index is -0.736. The van der Waals surface area contributed by atoms with E-state index < -0.39 is 18.0 Å². The largest absolute Gasteiger partial charge is 0.467 e. The van der Waals surface area contributed by atoms with Crippen LogP contribution in [-0.4, -0.2) is 39.1 Å². The van der Waals surface area contributed by atoms with Crippen molar-refractivity contribution in [2.24, 2.45) is 0 Å². The highest BCUT2D eigenvalue weighted by Crippen LogP contribution is 2.40. The molecule has 1 aliphatic carbocycles. The molecule has 1 aliphatic heterocycles. The summed E-state index contributed by atoms with van der Waals surface area (Å²) < 4.78 is 12.6. The second kappa shape index (κ2) is 9.14. The topological polar surface area (TPSA) is 111 Å². The summed E-state index contributed by atoms with van der Waals surface area (Å²) in [5, 5.41) is 10.8. The molecule has 2 N–H and O–H groups in total. The molecule has 3 heterocycles. The van der Waals surface area contributed by atoms with Crippen LogP contribution in [0.3, 0.4) is 0 Å². The fraction of sp³-hybridized carbons (Fsp3) is 0.304. The molecule has 0 spiro atoms. The number of ether oxygens (including phenoxy) is 1. The van der Waals surface area contributed by atoms with Crippen molar-refractivity contribution in [2.45, 2.75) is 36.9 Å². The Labute approximate surface area is 194 Å². The first-order valence-corrected chi connectivity index (χ1v) is 11.8. The molecule has 10 heteroatoms. The van der Waals surface area contributed by atoms with Crippen LogP contribution in [0.2, 0.25) is 0 Å². The van der Waals surface area contributed by atoms with Crippen molar-refractivity contribution in [1.29, 1.82) is 0 Å². The smallest absolute Gasteiger partial charge is 0.338 e. The third-order valence-corrected chi connectivity index (χ3v) is 6.24. The van der Waals surface area contributed by atoms with Crippen molar-refractivity contribution in [3.63, 3.8) is 0 Å². The molecular formula is C23H23N5O4S. The average Bonchev–Trinajstić information content (AvgIpc) is 3.34. The molecule has 33 heavy (non-hydrogen) atoms. The summed E-state index contributed by atoms with van der Waals surface area (Å²) in [7, 11) is 0. The van der Waals surface area contributed by atoms with Gasteiger partial charge < -0.3 is 19.8 Å². The van der Waals surface area contributed by atoms with E-state index in [4.69, 9.17) is 19.2 Å². The van der Waals surface area contributed by atoms with E-state index in [1.54, 1.807) is 19.1 Å². The van der Waals surface area contributed by atoms with Crippen molar-refractivity contribution < 1.29 is 18.7 Å². The Morgan fingerprint density at radius 3 is 2.76 bits per heavy atom. The van der Waals surface area contributed by atoms with E-state index in [0.29, 0.717) is 33.9 Å². The van der Waals surface area contributed by atoms with E-state index in [1.165, 1.54) is 18.0 Å². The number of nitrogens with zero attached hydrogens (tertiary/aromatic N) is 3. The second-order valence-electron chi connectivity index (χ2n) is 7.72. The Morgan fingerprint density at radius 1 is 1.24 bits per heavy atom. The lowest BCUT2D eigenvalue weighted by atomic mass is 10.0. The Morgan fingerprint density at radius 2 is 2.06 bits per heavy atom. The normalized spacial score (nSPS) is 18.1. The molecule has 0 bridgehead atoms. The molecule has 1 atom stereocenters. The molecule has 1 saturated carbocycles. The predicted molar refractivity (Wildman–Crippen MR) is 121 cm³/mol. The van der Waals surface area contributed by atoms with Gasteiger partial charge in [0, 0.05) is 17.4 Å². The van der Waals surface area contributed by atoms with E-state index >= 15 is 0 Å². The summed E-state index contributed by atoms with van der Waals surface area (Å²) in [6.07, 6.45) is 3.70. The van der Waals surface area contributed by atoms with E-state index in [2.05, 4.69) is 10.6 Å². The lowest BCUT2D eigenvalue weighted by Gasteiger charge is -2.27. The van der Waals surface area contributed by atoms with Crippen LogP contribution >= 0.6 is 11.8 Å². The Balaban J connectivity index is 1.45. The molecule has 3 aromatic rings. The summed E-state index contributed by atoms with van der Waals surface area (Å²) >= 11 is 1.36. The molecule has 2 amide bonds. The first-order chi connectivity index (χ1) is 16.1. The van der Waals surface area contributed by atoms with Gasteiger partial charge in [0.05, 0.1) is 24.1 Å². The molecule has 1 unspecified atom stereocenters. The van der Waals surface area contributed by atoms with Gasteiger partial charge in [0.25, 0.3) is 0 Å². The number of amides is 2. The van der Waals surface area contributed by atoms with Crippen molar-refractivity contribution in [1.82, 2.24) is 25.4 Å². The second-order valence-corrected chi connectivity index (χ2v) is 8.66. The molecule has 5 rings (SSSR count). The van der Waals surface area contributed by atoms with Gasteiger partial charge in [-0.15, -0.1) is 5.10 Å². The highest BCUT2D eigenvalue weighted by Gasteiger charge is 2.36. The van der Waals surface area contributed by atoms with E-state index in [1.807, 2.05) is 35.0 Å². The number of benzene rings is 1. The van der Waals surface area contributed by atoms with E-state index in [-0.39, 0.29) is 6.61 Å². The van der Waals surface area contributed by atoms with Crippen LogP contribution in [0.15, 0.2) is 69.6 Å². The molecular weight excluding hydrogens is 442 g/mol. The molecule has 1 fully saturated rings. The molecule has 1 aromatic carbocycles. The summed E-state index contributed by atoms with van der Waals surface area (Å²) in [6, 6.07) is 12.2. The van der Waals surface area contributed by atoms with Crippen molar-refractivity contribution >= 4 is 23.8 Å². The predicted octanol–water partition coefficient (Wildman–Crippen LogP) is 3.70. The van der Waals surface area contributed by atoms with Crippen LogP contribution < -0.4 is 10.6 Å². The number of carbonyl (C=O) groups is 2. The highest BCUT2D eigenvalue weighted by atomic mass is 32.2. The molecule has 170 valence electrons. The zero-order chi connectivity index (χ0) is 22.8. The number of para-hydroxylation sites is 1. The van der Waals surface area contributed by atoms with Gasteiger partial charge in [0.15, 0.2) is 0 Å². The third kappa shape index (κ3) is 4.51. The maximum absolute atomic E-state index is 12.8. The van der Waals surface area contributed by atoms with E-state index in [0.717, 1.165) is 24.4 Å². The van der Waals surface area contributed by atoms with Gasteiger partial charge >= 0.3 is 12.0 Å². The fourth-order valence-corrected chi connectivity index (χ4v) is 4.52. The molecule has 0 radical (unpaired) electrons. The van der Waals surface area contributed by atoms with Crippen molar-refractivity contribution in [3.8, 4) is 5.69 Å². The summed E-state index contributed by atoms with van der Waals surface area (Å²) in [5.74, 6) is 1.58. The van der Waals surface area contributed by atoms with Gasteiger partial charge in [-0.2, -0.15) is 0 Å². The fourth-order valence-electron chi connectivity index (χ4n) is 3.72. The Bertz CT molecular complexity index is 1180. The number of nitrogens with one attached hydrogen (secondary N) is 2. The van der Waals surface area contributed by atoms with Crippen LogP contribution in [0.25, 0.3) is 5.69 Å². The first-order valence-electron chi connectivity index (χ1n) is 10.8. The molecule has 9 nitrogen and oxygen atoms in total. The summed E-state index contributed by atoms with van der Waals surface area (Å²) in [5.41, 5.74) is 1.72. The van der Waals surface area contributed by atoms with Gasteiger partial charge in [-0.25, -0.2) is 19.3 Å². The van der Waals surface area contributed by atoms with E-state index in [9.17, 15) is 9.59 Å². The zero-order valence-electron chi connectivity index (χ0n) is 18.0. The number of furan rings is 1. The number of hydrogen-bond acceptors (Lipinski definition) is 7. The van der Waals surface area contributed by atoms with Gasteiger partial charge in [-0.1, -0.05) is 30.0 Å². The minimum absolute atomic E-state index is 0.218. The number of esters is 1. The minimum Gasteiger partial charge on any atom is -0.467 e. The zero-order valence-corrected chi connectivity index (χ0v) is 18.8. The molecule has 0 saturated heterocycles. The molecule has 2 aromatic heterocycles. The first kappa shape index (κ1) is 21.3. The number of rotatable bonds is 8. The Hall–Kier alpha value is -3.53. The van der Waals surface area contributed by atoms with Gasteiger partial charge in [-0.05, 0) is 44.0 Å². The van der Waals surface area contributed by atoms with Crippen LogP contribution in [0.5, 0.6) is 0 Å². The summed E-state index contributed by atoms with van der Waals surface area (Å²) in [4.78, 5) is 29.9. The maximum Gasteiger partial charge on any atom is 0.338 e. The van der Waals surface area contributed by atoms with Crippen LogP contribution in [-0.2, 0) is 9.53 Å². The molecule has 2 aliphatic rings. The van der Waals surface area contributed by atoms with Crippen molar-refractivity contribution in [2.75, 3.05) is 12.4 Å². The van der Waals surface area contributed by atoms with Gasteiger partial charge in [0.2, 0.25) is 5.16 Å². The average molecular weight is 466 g/mol. The Kier molecular flexibility index (Phi) is 5.91. The van der Waals surface area contributed by atoms with Crippen molar-refractivity contribution in [3.05, 3.63) is 71.6 Å². The SMILES string of the molecule is CCOC(=O)C1=C(CSc2nc(C3CC3)n(-c3ccccc3)n2)NC(=O)NC1c1ccco1. The van der Waals surface area contributed by atoms with Crippen LogP contribution in [0, 0.1) is 0 Å². The van der Waals surface area contributed by atoms with Crippen LogP contribution in [0.1, 0.15) is 43.3 Å². The number of carbonyl (C=O) groups excluding carboxylic acids is 2. The number of aromatic nitrogens is 3. The van der Waals surface area contributed by atoms with Crippen LogP contribution in [0.4, 0.5) is 4.79 Å². The number of thioether (sulfide) groups is 1. The third-order valence-electron chi connectivity index (χ3n) is 5.38. The maximum atomic E-state index is 12.8. The highest BCUT2D eigenvalue weighted by molar-refractivity contribution is 7.99. The van der Waals surface area contributed by atoms with Gasteiger partial charge in [-0.3, -0.25) is 0 Å². The lowest BCUT2D eigenvalue weighted by molar-refractivity contribution is -0.139. The number of hydrogen-bond donors (Lipinski definition) is 2. The summed E-state index contributed by atoms with van der Waals surface area (Å²) in [6.45, 7) is 1.96. The van der Waals surface area contributed by atoms with Gasteiger partial charge in [0.1, 0.15) is 17.6 Å². The quantitative estimate of drug-likeness (QED) is 0.385. The standard InChI is InChI=1S/C23H23N5O4S/c1-2-31-21(29)18-16(24-22(30)25-19(18)17-9-6-12-32-17)13-33-23-26-20(14-10-11-14)28(27-23)15-7-4-3-5-8-15/h3-9,12,14,19H,2,10-11,13H2,1H3,(H2,24,25,30). The monoisotopic (exact) mass is 465 g/mol. The lowest BCUT2D eigenvalue weighted by Crippen LogP contribution is -2.46. The number of urea groups is 1.